The number of hydrogen-bond donors (Lipinski definition) is 5. The summed E-state index contributed by atoms with van der Waals surface area (Å²) in [6.45, 7) is 14.9. The molecule has 2 amide bonds. The molecule has 16 heteroatoms. The summed E-state index contributed by atoms with van der Waals surface area (Å²) in [7, 11) is 0. The number of alkyl carbamates (subject to hydrolysis) is 1. The van der Waals surface area contributed by atoms with Gasteiger partial charge in [-0.05, 0) is 72.1 Å². The maximum absolute atomic E-state index is 13.8. The Labute approximate surface area is 312 Å². The van der Waals surface area contributed by atoms with Gasteiger partial charge in [-0.1, -0.05) is 46.1 Å². The molecule has 1 aliphatic carbocycles. The Morgan fingerprint density at radius 3 is 2.38 bits per heavy atom. The number of aliphatic hydroxyl groups is 1. The highest BCUT2D eigenvalue weighted by Gasteiger charge is 2.62. The predicted molar refractivity (Wildman–Crippen MR) is 194 cm³/mol. The second-order valence-electron chi connectivity index (χ2n) is 16.3. The molecule has 0 radical (unpaired) electrons. The van der Waals surface area contributed by atoms with E-state index >= 15 is 0 Å². The third kappa shape index (κ3) is 11.5. The van der Waals surface area contributed by atoms with Gasteiger partial charge in [-0.3, -0.25) is 15.0 Å². The molecule has 6 atom stereocenters. The molecule has 296 valence electrons. The van der Waals surface area contributed by atoms with Gasteiger partial charge in [-0.25, -0.2) is 14.6 Å². The van der Waals surface area contributed by atoms with Crippen molar-refractivity contribution in [1.29, 1.82) is 10.7 Å². The van der Waals surface area contributed by atoms with Crippen LogP contribution in [-0.2, 0) is 38.1 Å². The fraction of sp³-hybridized carbons (Fsp3) is 0.757. The zero-order valence-corrected chi connectivity index (χ0v) is 32.5. The van der Waals surface area contributed by atoms with Crippen LogP contribution < -0.4 is 16.0 Å². The van der Waals surface area contributed by atoms with Crippen LogP contribution in [0.1, 0.15) is 107 Å². The molecule has 0 bridgehead atoms. The third-order valence-electron chi connectivity index (χ3n) is 9.38. The lowest BCUT2D eigenvalue weighted by molar-refractivity contribution is -0.164. The zero-order chi connectivity index (χ0) is 39.8. The fourth-order valence-corrected chi connectivity index (χ4v) is 6.59. The van der Waals surface area contributed by atoms with E-state index in [4.69, 9.17) is 29.1 Å². The summed E-state index contributed by atoms with van der Waals surface area (Å²) in [4.78, 5) is 56.5. The first kappa shape index (κ1) is 43.3. The van der Waals surface area contributed by atoms with Crippen LogP contribution in [0.25, 0.3) is 0 Å². The zero-order valence-electron chi connectivity index (χ0n) is 32.5. The first-order valence-electron chi connectivity index (χ1n) is 18.3. The minimum absolute atomic E-state index is 0.0294. The van der Waals surface area contributed by atoms with Gasteiger partial charge in [0.25, 0.3) is 5.91 Å². The molecule has 0 aromatic heterocycles. The average molecular weight is 747 g/mol. The van der Waals surface area contributed by atoms with Gasteiger partial charge in [0.05, 0.1) is 11.7 Å². The van der Waals surface area contributed by atoms with Crippen LogP contribution in [0.15, 0.2) is 16.8 Å². The van der Waals surface area contributed by atoms with Gasteiger partial charge >= 0.3 is 18.0 Å². The number of nitriles is 1. The molecule has 1 unspecified atom stereocenters. The van der Waals surface area contributed by atoms with E-state index in [2.05, 4.69) is 27.0 Å². The lowest BCUT2D eigenvalue weighted by Gasteiger charge is -2.33. The molecule has 1 saturated carbocycles. The Balaban J connectivity index is 1.89. The number of amides is 2. The van der Waals surface area contributed by atoms with Crippen molar-refractivity contribution in [2.45, 2.75) is 154 Å². The molecule has 2 heterocycles. The van der Waals surface area contributed by atoms with Crippen LogP contribution in [0, 0.1) is 28.1 Å². The number of carbonyl (C=O) groups excluding carboxylic acids is 4. The van der Waals surface area contributed by atoms with Crippen molar-refractivity contribution in [3.05, 3.63) is 11.8 Å². The van der Waals surface area contributed by atoms with Gasteiger partial charge in [0.1, 0.15) is 48.5 Å². The number of hydrogen-bond acceptors (Lipinski definition) is 13. The van der Waals surface area contributed by atoms with Gasteiger partial charge in [-0.2, -0.15) is 5.26 Å². The molecule has 2 fully saturated rings. The maximum Gasteiger partial charge on any atom is 0.408 e. The smallest absolute Gasteiger partial charge is 0.408 e. The van der Waals surface area contributed by atoms with Crippen LogP contribution in [0.5, 0.6) is 0 Å². The molecule has 0 aromatic rings. The van der Waals surface area contributed by atoms with E-state index in [1.807, 2.05) is 0 Å². The van der Waals surface area contributed by atoms with Crippen molar-refractivity contribution in [1.82, 2.24) is 16.0 Å². The van der Waals surface area contributed by atoms with Crippen molar-refractivity contribution < 1.29 is 48.0 Å². The Hall–Kier alpha value is -4.07. The minimum atomic E-state index is -2.07. The molecule has 1 saturated heterocycles. The summed E-state index contributed by atoms with van der Waals surface area (Å²) in [6.07, 6.45) is 2.25. The normalized spacial score (nSPS) is 26.0. The predicted octanol–water partition coefficient (Wildman–Crippen LogP) is 3.56. The van der Waals surface area contributed by atoms with Crippen LogP contribution >= 0.6 is 0 Å². The van der Waals surface area contributed by atoms with E-state index in [1.54, 1.807) is 68.4 Å². The standard InChI is InChI=1S/C37H58N6O10/c1-10-50-36(8,9)32(47)43-30(40-21-39)23-16-17-25(41-23)37(20-38)29(45)27(24(52-37)19-49-26(44)18-22-14-12-11-13-15-22)51-31(46)28(34(2,3)4)42-33(48)53-35(5,6)7/h16,21-22,24-25,27-29,41,45H,10-15,17-19H2,1-9H3,(H,42,48)(H2,39,40,43,47)/t24-,25?,27-,28-,29-,37+/m1/s1. The summed E-state index contributed by atoms with van der Waals surface area (Å²) in [5, 5.41) is 38.4. The van der Waals surface area contributed by atoms with Gasteiger partial charge in [0.2, 0.25) is 5.60 Å². The van der Waals surface area contributed by atoms with E-state index < -0.39 is 83.2 Å². The van der Waals surface area contributed by atoms with Gasteiger partial charge in [0, 0.05) is 13.0 Å². The Bertz CT molecular complexity index is 1450. The second-order valence-corrected chi connectivity index (χ2v) is 16.3. The monoisotopic (exact) mass is 746 g/mol. The van der Waals surface area contributed by atoms with E-state index in [1.165, 1.54) is 0 Å². The summed E-state index contributed by atoms with van der Waals surface area (Å²) in [5.41, 5.74) is -4.78. The average Bonchev–Trinajstić information content (AvgIpc) is 3.65. The SMILES string of the molecule is CCOC(C)(C)C(=O)NC(=NC=N)C1=CCC([C@]2(C#N)O[C@H](COC(=O)CC3CCCCC3)[C@@H](OC(=O)[C@@H](NC(=O)OC(C)(C)C)C(C)(C)C)[C@H]2O)N1. The second kappa shape index (κ2) is 17.8. The fourth-order valence-electron chi connectivity index (χ4n) is 6.59. The van der Waals surface area contributed by atoms with Crippen LogP contribution in [-0.4, -0.2) is 102 Å². The number of amidine groups is 1. The molecule has 16 nitrogen and oxygen atoms in total. The van der Waals surface area contributed by atoms with E-state index in [0.29, 0.717) is 0 Å². The maximum atomic E-state index is 13.8. The molecule has 0 aromatic carbocycles. The van der Waals surface area contributed by atoms with Gasteiger partial charge in [0.15, 0.2) is 11.9 Å². The van der Waals surface area contributed by atoms with Crippen molar-refractivity contribution in [3.63, 3.8) is 0 Å². The van der Waals surface area contributed by atoms with Crippen molar-refractivity contribution in [3.8, 4) is 6.07 Å². The number of aliphatic imine (C=N–C) groups is 1. The molecule has 3 rings (SSSR count). The molecule has 3 aliphatic rings. The Kier molecular flexibility index (Phi) is 14.6. The lowest BCUT2D eigenvalue weighted by Crippen LogP contribution is -2.57. The minimum Gasteiger partial charge on any atom is -0.463 e. The van der Waals surface area contributed by atoms with Crippen molar-refractivity contribution in [2.24, 2.45) is 16.3 Å². The highest BCUT2D eigenvalue weighted by atomic mass is 16.6. The molecule has 5 N–H and O–H groups in total. The van der Waals surface area contributed by atoms with Crippen LogP contribution in [0.2, 0.25) is 0 Å². The Morgan fingerprint density at radius 2 is 1.81 bits per heavy atom. The molecule has 2 aliphatic heterocycles. The van der Waals surface area contributed by atoms with Crippen LogP contribution in [0.4, 0.5) is 4.79 Å². The number of rotatable bonds is 13. The van der Waals surface area contributed by atoms with E-state index in [0.717, 1.165) is 38.4 Å². The lowest BCUT2D eigenvalue weighted by atomic mass is 9.86. The first-order chi connectivity index (χ1) is 24.7. The molecular weight excluding hydrogens is 688 g/mol. The summed E-state index contributed by atoms with van der Waals surface area (Å²) in [5.74, 6) is -1.78. The number of nitrogens with zero attached hydrogens (tertiary/aromatic N) is 2. The van der Waals surface area contributed by atoms with E-state index in [9.17, 15) is 29.5 Å². The number of ether oxygens (including phenoxy) is 5. The van der Waals surface area contributed by atoms with E-state index in [-0.39, 0.29) is 36.9 Å². The number of nitrogens with one attached hydrogen (secondary N) is 4. The number of esters is 2. The van der Waals surface area contributed by atoms with Crippen LogP contribution in [0.3, 0.4) is 0 Å². The topological polar surface area (TPSA) is 231 Å². The first-order valence-corrected chi connectivity index (χ1v) is 18.3. The van der Waals surface area contributed by atoms with Gasteiger partial charge < -0.3 is 44.7 Å². The summed E-state index contributed by atoms with van der Waals surface area (Å²) >= 11 is 0. The molecule has 53 heavy (non-hydrogen) atoms. The highest BCUT2D eigenvalue weighted by molar-refractivity contribution is 6.11. The highest BCUT2D eigenvalue weighted by Crippen LogP contribution is 2.40. The van der Waals surface area contributed by atoms with Gasteiger partial charge in [-0.15, -0.1) is 0 Å². The van der Waals surface area contributed by atoms with Crippen molar-refractivity contribution >= 4 is 36.1 Å². The quantitative estimate of drug-likeness (QED) is 0.0789. The van der Waals surface area contributed by atoms with Crippen molar-refractivity contribution in [2.75, 3.05) is 13.2 Å². The largest absolute Gasteiger partial charge is 0.463 e. The molecule has 0 spiro atoms. The number of carbonyl (C=O) groups is 4. The number of aliphatic hydroxyl groups excluding tert-OH is 1. The molecular formula is C37H58N6O10. The Morgan fingerprint density at radius 1 is 1.15 bits per heavy atom. The third-order valence-corrected chi connectivity index (χ3v) is 9.38. The summed E-state index contributed by atoms with van der Waals surface area (Å²) < 4.78 is 28.7. The summed E-state index contributed by atoms with van der Waals surface area (Å²) in [6, 6.07) is -0.166.